The lowest BCUT2D eigenvalue weighted by Crippen LogP contribution is -2.31. The second kappa shape index (κ2) is 10.9. The van der Waals surface area contributed by atoms with Crippen LogP contribution < -0.4 is 10.1 Å². The van der Waals surface area contributed by atoms with E-state index in [1.54, 1.807) is 37.5 Å². The van der Waals surface area contributed by atoms with Crippen LogP contribution in [0.3, 0.4) is 0 Å². The van der Waals surface area contributed by atoms with Crippen molar-refractivity contribution in [3.8, 4) is 11.4 Å². The molecule has 0 unspecified atom stereocenters. The Morgan fingerprint density at radius 3 is 2.42 bits per heavy atom. The van der Waals surface area contributed by atoms with Crippen molar-refractivity contribution in [3.63, 3.8) is 0 Å². The van der Waals surface area contributed by atoms with Gasteiger partial charge in [0.15, 0.2) is 5.16 Å². The number of amides is 1. The molecule has 0 aliphatic rings. The van der Waals surface area contributed by atoms with E-state index in [2.05, 4.69) is 10.3 Å². The Morgan fingerprint density at radius 1 is 1.12 bits per heavy atom. The van der Waals surface area contributed by atoms with Gasteiger partial charge in [0.05, 0.1) is 12.8 Å². The van der Waals surface area contributed by atoms with Gasteiger partial charge in [-0.25, -0.2) is 13.4 Å². The number of hydrogen-bond donors (Lipinski definition) is 1. The molecule has 2 aromatic carbocycles. The number of rotatable bonds is 10. The Hall–Kier alpha value is -2.82. The number of nitrogens with one attached hydrogen (secondary N) is 1. The largest absolute Gasteiger partial charge is 0.492 e. The highest BCUT2D eigenvalue weighted by Gasteiger charge is 2.27. The van der Waals surface area contributed by atoms with E-state index in [1.807, 2.05) is 36.6 Å². The third-order valence-corrected chi connectivity index (χ3v) is 7.71. The van der Waals surface area contributed by atoms with Gasteiger partial charge in [-0.05, 0) is 43.5 Å². The highest BCUT2D eigenvalue weighted by atomic mass is 32.2. The van der Waals surface area contributed by atoms with Crippen molar-refractivity contribution >= 4 is 33.4 Å². The van der Waals surface area contributed by atoms with Crippen molar-refractivity contribution in [1.82, 2.24) is 13.9 Å². The molecule has 0 atom stereocenters. The number of aromatic nitrogens is 2. The first-order chi connectivity index (χ1) is 15.9. The number of para-hydroxylation sites is 1. The predicted octanol–water partition coefficient (Wildman–Crippen LogP) is 4.28. The molecule has 1 heterocycles. The summed E-state index contributed by atoms with van der Waals surface area (Å²) in [5, 5.41) is 3.48. The summed E-state index contributed by atoms with van der Waals surface area (Å²) in [5.74, 6) is -0.150. The van der Waals surface area contributed by atoms with Crippen molar-refractivity contribution in [1.29, 1.82) is 0 Å². The maximum atomic E-state index is 13.2. The maximum absolute atomic E-state index is 13.2. The normalized spacial score (nSPS) is 11.5. The van der Waals surface area contributed by atoms with Gasteiger partial charge in [-0.1, -0.05) is 43.8 Å². The average Bonchev–Trinajstić information content (AvgIpc) is 3.26. The first-order valence-corrected chi connectivity index (χ1v) is 13.3. The van der Waals surface area contributed by atoms with E-state index in [4.69, 9.17) is 4.74 Å². The first-order valence-electron chi connectivity index (χ1n) is 10.6. The Bertz CT molecular complexity index is 1210. The fourth-order valence-electron chi connectivity index (χ4n) is 3.43. The van der Waals surface area contributed by atoms with Gasteiger partial charge in [-0.15, -0.1) is 0 Å². The minimum atomic E-state index is -3.79. The van der Waals surface area contributed by atoms with Crippen molar-refractivity contribution in [2.75, 3.05) is 31.3 Å². The number of carbonyl (C=O) groups excluding carboxylic acids is 1. The molecule has 1 amide bonds. The van der Waals surface area contributed by atoms with Crippen LogP contribution in [0, 0.1) is 0 Å². The lowest BCUT2D eigenvalue weighted by atomic mass is 10.2. The Balaban J connectivity index is 2.00. The van der Waals surface area contributed by atoms with Crippen molar-refractivity contribution in [2.24, 2.45) is 0 Å². The maximum Gasteiger partial charge on any atom is 0.274 e. The van der Waals surface area contributed by atoms with Crippen LogP contribution in [0.15, 0.2) is 64.8 Å². The minimum absolute atomic E-state index is 0.0206. The number of sulfonamides is 1. The standard InChI is InChI=1S/C23H28N4O4S2/c1-5-26(6-2)33(29,30)21-15-17(13-14-20(21)31-7-3)25-22(28)19-16-24-23(32-4)27(19)18-11-9-8-10-12-18/h8-16H,5-7H2,1-4H3,(H,25,28). The molecule has 10 heteroatoms. The van der Waals surface area contributed by atoms with Crippen LogP contribution in [0.2, 0.25) is 0 Å². The minimum Gasteiger partial charge on any atom is -0.492 e. The van der Waals surface area contributed by atoms with E-state index in [0.717, 1.165) is 5.69 Å². The third-order valence-electron chi connectivity index (χ3n) is 4.98. The summed E-state index contributed by atoms with van der Waals surface area (Å²) < 4.78 is 35.1. The van der Waals surface area contributed by atoms with Crippen LogP contribution in [0.5, 0.6) is 5.75 Å². The molecule has 0 spiro atoms. The zero-order chi connectivity index (χ0) is 24.0. The number of hydrogen-bond acceptors (Lipinski definition) is 6. The topological polar surface area (TPSA) is 93.5 Å². The summed E-state index contributed by atoms with van der Waals surface area (Å²) in [4.78, 5) is 17.6. The SMILES string of the molecule is CCOc1ccc(NC(=O)c2cnc(SC)n2-c2ccccc2)cc1S(=O)(=O)N(CC)CC. The molecule has 33 heavy (non-hydrogen) atoms. The van der Waals surface area contributed by atoms with Crippen LogP contribution in [0.1, 0.15) is 31.3 Å². The quantitative estimate of drug-likeness (QED) is 0.428. The monoisotopic (exact) mass is 488 g/mol. The molecule has 0 fully saturated rings. The van der Waals surface area contributed by atoms with Crippen molar-refractivity contribution in [2.45, 2.75) is 30.8 Å². The zero-order valence-electron chi connectivity index (χ0n) is 19.1. The van der Waals surface area contributed by atoms with Crippen LogP contribution in [-0.2, 0) is 10.0 Å². The number of ether oxygens (including phenoxy) is 1. The fourth-order valence-corrected chi connectivity index (χ4v) is 5.59. The second-order valence-electron chi connectivity index (χ2n) is 6.94. The summed E-state index contributed by atoms with van der Waals surface area (Å²) >= 11 is 1.43. The van der Waals surface area contributed by atoms with Crippen LogP contribution in [-0.4, -0.2) is 54.1 Å². The fraction of sp³-hybridized carbons (Fsp3) is 0.304. The molecule has 0 saturated carbocycles. The van der Waals surface area contributed by atoms with Crippen LogP contribution >= 0.6 is 11.8 Å². The molecule has 0 aliphatic heterocycles. The lowest BCUT2D eigenvalue weighted by Gasteiger charge is -2.21. The molecular formula is C23H28N4O4S2. The first kappa shape index (κ1) is 24.8. The number of nitrogens with zero attached hydrogens (tertiary/aromatic N) is 3. The van der Waals surface area contributed by atoms with E-state index in [-0.39, 0.29) is 10.6 Å². The van der Waals surface area contributed by atoms with E-state index < -0.39 is 15.9 Å². The molecule has 176 valence electrons. The molecular weight excluding hydrogens is 460 g/mol. The predicted molar refractivity (Wildman–Crippen MR) is 131 cm³/mol. The molecule has 0 saturated heterocycles. The zero-order valence-corrected chi connectivity index (χ0v) is 20.7. The smallest absolute Gasteiger partial charge is 0.274 e. The van der Waals surface area contributed by atoms with Gasteiger partial charge >= 0.3 is 0 Å². The number of carbonyl (C=O) groups is 1. The van der Waals surface area contributed by atoms with Crippen LogP contribution in [0.25, 0.3) is 5.69 Å². The molecule has 8 nitrogen and oxygen atoms in total. The highest BCUT2D eigenvalue weighted by molar-refractivity contribution is 7.98. The van der Waals surface area contributed by atoms with E-state index in [0.29, 0.717) is 36.2 Å². The number of benzene rings is 2. The van der Waals surface area contributed by atoms with E-state index in [1.165, 1.54) is 28.3 Å². The summed E-state index contributed by atoms with van der Waals surface area (Å²) in [7, 11) is -3.79. The molecule has 3 aromatic rings. The number of thioether (sulfide) groups is 1. The lowest BCUT2D eigenvalue weighted by molar-refractivity contribution is 0.102. The van der Waals surface area contributed by atoms with Crippen LogP contribution in [0.4, 0.5) is 5.69 Å². The van der Waals surface area contributed by atoms with Gasteiger partial charge in [0.2, 0.25) is 10.0 Å². The van der Waals surface area contributed by atoms with Crippen molar-refractivity contribution in [3.05, 3.63) is 60.4 Å². The van der Waals surface area contributed by atoms with E-state index >= 15 is 0 Å². The number of imidazole rings is 1. The summed E-state index contributed by atoms with van der Waals surface area (Å²) in [6, 6.07) is 14.1. The Kier molecular flexibility index (Phi) is 8.17. The molecule has 1 aromatic heterocycles. The molecule has 0 radical (unpaired) electrons. The van der Waals surface area contributed by atoms with Gasteiger partial charge in [0, 0.05) is 24.5 Å². The summed E-state index contributed by atoms with van der Waals surface area (Å²) in [5.41, 5.74) is 1.49. The Morgan fingerprint density at radius 2 is 1.82 bits per heavy atom. The van der Waals surface area contributed by atoms with Gasteiger partial charge in [-0.3, -0.25) is 9.36 Å². The van der Waals surface area contributed by atoms with E-state index in [9.17, 15) is 13.2 Å². The van der Waals surface area contributed by atoms with Crippen molar-refractivity contribution < 1.29 is 17.9 Å². The van der Waals surface area contributed by atoms with Gasteiger partial charge in [0.25, 0.3) is 5.91 Å². The summed E-state index contributed by atoms with van der Waals surface area (Å²) in [6.45, 7) is 6.32. The molecule has 0 aliphatic carbocycles. The molecule has 0 bridgehead atoms. The average molecular weight is 489 g/mol. The molecule has 3 rings (SSSR count). The molecule has 1 N–H and O–H groups in total. The highest BCUT2D eigenvalue weighted by Crippen LogP contribution is 2.30. The van der Waals surface area contributed by atoms with Gasteiger partial charge in [0.1, 0.15) is 16.3 Å². The Labute approximate surface area is 199 Å². The van der Waals surface area contributed by atoms with Gasteiger partial charge in [-0.2, -0.15) is 4.31 Å². The third kappa shape index (κ3) is 5.23. The second-order valence-corrected chi connectivity index (χ2v) is 9.62. The summed E-state index contributed by atoms with van der Waals surface area (Å²) in [6.07, 6.45) is 3.40. The van der Waals surface area contributed by atoms with Gasteiger partial charge < -0.3 is 10.1 Å². The number of anilines is 1.